The highest BCUT2D eigenvalue weighted by Gasteiger charge is 2.27. The molecule has 6 heteroatoms. The number of hydrogen-bond acceptors (Lipinski definition) is 5. The Balaban J connectivity index is 1.36. The average molecular weight is 551 g/mol. The maximum absolute atomic E-state index is 12.8. The minimum atomic E-state index is -0.241. The number of carbonyl (C=O) groups is 1. The topological polar surface area (TPSA) is 59.6 Å². The van der Waals surface area contributed by atoms with Crippen molar-refractivity contribution in [1.82, 2.24) is 5.32 Å². The number of fused-ring (bicyclic) bond motifs is 1. The van der Waals surface area contributed by atoms with Crippen LogP contribution in [0.15, 0.2) is 96.4 Å². The number of carbonyl (C=O) groups excluding carboxylic acids is 1. The van der Waals surface area contributed by atoms with Crippen LogP contribution in [-0.4, -0.2) is 18.0 Å². The van der Waals surface area contributed by atoms with Gasteiger partial charge in [0, 0.05) is 11.3 Å². The van der Waals surface area contributed by atoms with Gasteiger partial charge in [-0.2, -0.15) is 0 Å². The smallest absolute Gasteiger partial charge is 0.260 e. The lowest BCUT2D eigenvalue weighted by molar-refractivity contribution is -0.116. The quantitative estimate of drug-likeness (QED) is 0.148. The molecular weight excluding hydrogens is 516 g/mol. The van der Waals surface area contributed by atoms with Crippen molar-refractivity contribution in [2.24, 2.45) is 0 Å². The van der Waals surface area contributed by atoms with Crippen LogP contribution in [0.2, 0.25) is 0 Å². The predicted molar refractivity (Wildman–Crippen MR) is 167 cm³/mol. The number of allylic oxidation sites excluding steroid dienone is 1. The molecule has 5 nitrogen and oxygen atoms in total. The summed E-state index contributed by atoms with van der Waals surface area (Å²) in [5.41, 5.74) is 4.93. The Bertz CT molecular complexity index is 1550. The molecule has 4 aromatic carbocycles. The van der Waals surface area contributed by atoms with E-state index < -0.39 is 0 Å². The molecule has 0 radical (unpaired) electrons. The molecule has 204 valence electrons. The maximum atomic E-state index is 12.8. The monoisotopic (exact) mass is 550 g/mol. The van der Waals surface area contributed by atoms with Gasteiger partial charge in [-0.25, -0.2) is 0 Å². The van der Waals surface area contributed by atoms with Crippen LogP contribution < -0.4 is 20.1 Å². The first-order chi connectivity index (χ1) is 19.6. The Kier molecular flexibility index (Phi) is 8.77. The molecular formula is C34H34N2O3S. The lowest BCUT2D eigenvalue weighted by Gasteiger charge is -2.17. The summed E-state index contributed by atoms with van der Waals surface area (Å²) in [6, 6.07) is 26.9. The van der Waals surface area contributed by atoms with Crippen molar-refractivity contribution in [2.45, 2.75) is 38.8 Å². The number of nitrogens with one attached hydrogen (secondary N) is 2. The number of benzene rings is 4. The van der Waals surface area contributed by atoms with Crippen LogP contribution in [0.3, 0.4) is 0 Å². The molecule has 2 N–H and O–H groups in total. The van der Waals surface area contributed by atoms with Crippen LogP contribution in [0.1, 0.15) is 36.1 Å². The fourth-order valence-electron chi connectivity index (χ4n) is 4.69. The summed E-state index contributed by atoms with van der Waals surface area (Å²) >= 11 is 1.47. The van der Waals surface area contributed by atoms with Crippen molar-refractivity contribution in [3.05, 3.63) is 119 Å². The van der Waals surface area contributed by atoms with Crippen molar-refractivity contribution in [3.63, 3.8) is 0 Å². The van der Waals surface area contributed by atoms with Crippen molar-refractivity contribution in [1.29, 1.82) is 0 Å². The molecule has 40 heavy (non-hydrogen) atoms. The summed E-state index contributed by atoms with van der Waals surface area (Å²) in [6.07, 6.45) is 5.37. The summed E-state index contributed by atoms with van der Waals surface area (Å²) in [5, 5.41) is 8.78. The molecule has 1 atom stereocenters. The van der Waals surface area contributed by atoms with E-state index in [2.05, 4.69) is 66.6 Å². The van der Waals surface area contributed by atoms with Crippen LogP contribution in [0.25, 0.3) is 16.8 Å². The van der Waals surface area contributed by atoms with Crippen molar-refractivity contribution >= 4 is 40.2 Å². The number of hydrogen-bond donors (Lipinski definition) is 2. The standard InChI is InChI=1S/C34H34N2O3S/c1-4-9-28-19-25(21-31-33(37)36-34(40-31)35-29-16-13-23(5-2)14-17-29)20-30(38-6-3)32(28)39-22-24-12-15-26-10-7-8-11-27(26)18-24/h4,7-8,10-21,34-35H,1,5-6,9,22H2,2-3H3,(H,36,37)/b31-21-/t34-/m1/s1. The highest BCUT2D eigenvalue weighted by atomic mass is 32.2. The van der Waals surface area contributed by atoms with Gasteiger partial charge in [0.15, 0.2) is 17.0 Å². The van der Waals surface area contributed by atoms with Crippen LogP contribution in [0, 0.1) is 0 Å². The van der Waals surface area contributed by atoms with Gasteiger partial charge >= 0.3 is 0 Å². The normalized spacial score (nSPS) is 15.7. The summed E-state index contributed by atoms with van der Waals surface area (Å²) in [6.45, 7) is 8.94. The molecule has 1 heterocycles. The Morgan fingerprint density at radius 1 is 0.950 bits per heavy atom. The molecule has 0 saturated carbocycles. The first-order valence-electron chi connectivity index (χ1n) is 13.6. The summed E-state index contributed by atoms with van der Waals surface area (Å²) < 4.78 is 12.4. The Morgan fingerprint density at radius 3 is 2.48 bits per heavy atom. The number of amides is 1. The Labute approximate surface area is 240 Å². The van der Waals surface area contributed by atoms with Gasteiger partial charge in [-0.1, -0.05) is 73.3 Å². The van der Waals surface area contributed by atoms with E-state index in [0.717, 1.165) is 28.8 Å². The van der Waals surface area contributed by atoms with Crippen LogP contribution >= 0.6 is 11.8 Å². The number of rotatable bonds is 11. The van der Waals surface area contributed by atoms with Gasteiger partial charge in [0.25, 0.3) is 5.91 Å². The predicted octanol–water partition coefficient (Wildman–Crippen LogP) is 7.71. The molecule has 1 aliphatic rings. The Hall–Kier alpha value is -4.16. The van der Waals surface area contributed by atoms with Gasteiger partial charge in [-0.15, -0.1) is 6.58 Å². The zero-order valence-electron chi connectivity index (χ0n) is 22.9. The molecule has 5 rings (SSSR count). The molecule has 1 aliphatic heterocycles. The minimum Gasteiger partial charge on any atom is -0.490 e. The van der Waals surface area contributed by atoms with E-state index in [1.807, 2.05) is 55.5 Å². The van der Waals surface area contributed by atoms with Crippen LogP contribution in [0.4, 0.5) is 5.69 Å². The molecule has 0 aromatic heterocycles. The molecule has 1 fully saturated rings. The molecule has 4 aromatic rings. The van der Waals surface area contributed by atoms with Crippen LogP contribution in [-0.2, 0) is 24.2 Å². The second-order valence-electron chi connectivity index (χ2n) is 9.58. The number of ether oxygens (including phenoxy) is 2. The lowest BCUT2D eigenvalue weighted by Crippen LogP contribution is -2.30. The number of thioether (sulfide) groups is 1. The van der Waals surface area contributed by atoms with E-state index >= 15 is 0 Å². The molecule has 1 amide bonds. The van der Waals surface area contributed by atoms with Crippen molar-refractivity contribution in [3.8, 4) is 11.5 Å². The number of aryl methyl sites for hydroxylation is 1. The second kappa shape index (κ2) is 12.8. The van der Waals surface area contributed by atoms with E-state index in [1.54, 1.807) is 0 Å². The average Bonchev–Trinajstić information content (AvgIpc) is 3.31. The zero-order chi connectivity index (χ0) is 27.9. The first-order valence-corrected chi connectivity index (χ1v) is 14.5. The molecule has 1 saturated heterocycles. The summed E-state index contributed by atoms with van der Waals surface area (Å²) in [4.78, 5) is 13.4. The Morgan fingerprint density at radius 2 is 1.73 bits per heavy atom. The molecule has 0 spiro atoms. The third-order valence-electron chi connectivity index (χ3n) is 6.70. The van der Waals surface area contributed by atoms with Gasteiger partial charge < -0.3 is 20.1 Å². The highest BCUT2D eigenvalue weighted by Crippen LogP contribution is 2.37. The fraction of sp³-hybridized carbons (Fsp3) is 0.206. The van der Waals surface area contributed by atoms with E-state index in [9.17, 15) is 4.79 Å². The van der Waals surface area contributed by atoms with E-state index in [4.69, 9.17) is 9.47 Å². The van der Waals surface area contributed by atoms with E-state index in [0.29, 0.717) is 36.0 Å². The van der Waals surface area contributed by atoms with Gasteiger partial charge in [0.2, 0.25) is 0 Å². The minimum absolute atomic E-state index is 0.104. The third kappa shape index (κ3) is 6.52. The van der Waals surface area contributed by atoms with Gasteiger partial charge in [0.1, 0.15) is 6.61 Å². The number of anilines is 1. The zero-order valence-corrected chi connectivity index (χ0v) is 23.7. The maximum Gasteiger partial charge on any atom is 0.260 e. The fourth-order valence-corrected chi connectivity index (χ4v) is 5.67. The molecule has 0 bridgehead atoms. The lowest BCUT2D eigenvalue weighted by atomic mass is 10.0. The summed E-state index contributed by atoms with van der Waals surface area (Å²) in [5.74, 6) is 1.26. The SMILES string of the molecule is C=CCc1cc(/C=C2\S[C@H](Nc3ccc(CC)cc3)NC2=O)cc(OCC)c1OCc1ccc2ccccc2c1. The van der Waals surface area contributed by atoms with Crippen molar-refractivity contribution in [2.75, 3.05) is 11.9 Å². The van der Waals surface area contributed by atoms with Gasteiger partial charge in [-0.05, 0) is 83.6 Å². The van der Waals surface area contributed by atoms with Crippen LogP contribution in [0.5, 0.6) is 11.5 Å². The summed E-state index contributed by atoms with van der Waals surface area (Å²) in [7, 11) is 0. The largest absolute Gasteiger partial charge is 0.490 e. The first kappa shape index (κ1) is 27.4. The third-order valence-corrected chi connectivity index (χ3v) is 7.73. The second-order valence-corrected chi connectivity index (χ2v) is 10.7. The van der Waals surface area contributed by atoms with E-state index in [-0.39, 0.29) is 11.4 Å². The van der Waals surface area contributed by atoms with Gasteiger partial charge in [-0.3, -0.25) is 4.79 Å². The van der Waals surface area contributed by atoms with Crippen molar-refractivity contribution < 1.29 is 14.3 Å². The molecule has 0 unspecified atom stereocenters. The van der Waals surface area contributed by atoms with Gasteiger partial charge in [0.05, 0.1) is 11.5 Å². The highest BCUT2D eigenvalue weighted by molar-refractivity contribution is 8.05. The van der Waals surface area contributed by atoms with E-state index in [1.165, 1.54) is 28.1 Å². The molecule has 0 aliphatic carbocycles.